The maximum atomic E-state index is 14.7. The Morgan fingerprint density at radius 2 is 1.69 bits per heavy atom. The number of aryl methyl sites for hydroxylation is 1. The van der Waals surface area contributed by atoms with Gasteiger partial charge in [0, 0.05) is 43.1 Å². The van der Waals surface area contributed by atoms with Crippen LogP contribution in [0.2, 0.25) is 0 Å². The molecule has 0 spiro atoms. The first kappa shape index (κ1) is 24.7. The smallest absolute Gasteiger partial charge is 0.255 e. The van der Waals surface area contributed by atoms with Gasteiger partial charge >= 0.3 is 0 Å². The maximum absolute atomic E-state index is 14.7. The summed E-state index contributed by atoms with van der Waals surface area (Å²) in [4.78, 5) is 14.4. The molecule has 0 saturated carbocycles. The van der Waals surface area contributed by atoms with Gasteiger partial charge in [-0.1, -0.05) is 25.1 Å². The van der Waals surface area contributed by atoms with Crippen LogP contribution < -0.4 is 15.0 Å². The van der Waals surface area contributed by atoms with E-state index < -0.39 is 26.6 Å². The molecule has 1 aliphatic heterocycles. The van der Waals surface area contributed by atoms with E-state index in [-0.39, 0.29) is 18.7 Å². The molecule has 184 valence electrons. The van der Waals surface area contributed by atoms with Crippen LogP contribution in [-0.2, 0) is 16.4 Å². The van der Waals surface area contributed by atoms with Gasteiger partial charge < -0.3 is 15.0 Å². The van der Waals surface area contributed by atoms with Crippen molar-refractivity contribution in [1.82, 2.24) is 4.31 Å². The van der Waals surface area contributed by atoms with E-state index in [0.717, 1.165) is 35.6 Å². The molecule has 4 rings (SSSR count). The number of rotatable bonds is 7. The Morgan fingerprint density at radius 1 is 1.00 bits per heavy atom. The quantitative estimate of drug-likeness (QED) is 0.530. The molecule has 0 aliphatic carbocycles. The van der Waals surface area contributed by atoms with Gasteiger partial charge in [0.15, 0.2) is 0 Å². The molecule has 35 heavy (non-hydrogen) atoms. The van der Waals surface area contributed by atoms with Crippen molar-refractivity contribution in [3.63, 3.8) is 0 Å². The van der Waals surface area contributed by atoms with Crippen molar-refractivity contribution in [3.05, 3.63) is 83.7 Å². The Kier molecular flexibility index (Phi) is 7.37. The number of nitrogens with zero attached hydrogens (tertiary/aromatic N) is 2. The number of amides is 1. The van der Waals surface area contributed by atoms with Gasteiger partial charge in [0.25, 0.3) is 5.91 Å². The fourth-order valence-corrected chi connectivity index (χ4v) is 5.62. The molecule has 9 heteroatoms. The number of methoxy groups -OCH3 is 1. The lowest BCUT2D eigenvalue weighted by Gasteiger charge is -2.35. The normalized spacial score (nSPS) is 14.5. The van der Waals surface area contributed by atoms with E-state index in [1.54, 1.807) is 19.2 Å². The third-order valence-electron chi connectivity index (χ3n) is 6.13. The van der Waals surface area contributed by atoms with Crippen molar-refractivity contribution in [2.24, 2.45) is 0 Å². The highest BCUT2D eigenvalue weighted by Gasteiger charge is 2.31. The summed E-state index contributed by atoms with van der Waals surface area (Å²) in [6.45, 7) is 3.30. The van der Waals surface area contributed by atoms with Crippen molar-refractivity contribution in [3.8, 4) is 5.75 Å². The molecule has 0 unspecified atom stereocenters. The largest absolute Gasteiger partial charge is 0.497 e. The van der Waals surface area contributed by atoms with Crippen LogP contribution in [-0.4, -0.2) is 51.9 Å². The molecule has 1 N–H and O–H groups in total. The maximum Gasteiger partial charge on any atom is 0.255 e. The summed E-state index contributed by atoms with van der Waals surface area (Å²) >= 11 is 0. The monoisotopic (exact) mass is 497 g/mol. The van der Waals surface area contributed by atoms with Crippen LogP contribution in [0.5, 0.6) is 5.75 Å². The van der Waals surface area contributed by atoms with E-state index in [4.69, 9.17) is 4.74 Å². The standard InChI is InChI=1S/C26H28FN3O4S/c1-3-19-6-4-5-7-24(19)28-26(31)20-8-13-23(27)25(18-20)35(32,33)30-16-14-29(15-17-30)21-9-11-22(34-2)12-10-21/h4-13,18H,3,14-17H2,1-2H3,(H,28,31). The second-order valence-electron chi connectivity index (χ2n) is 8.20. The number of benzene rings is 3. The van der Waals surface area contributed by atoms with Gasteiger partial charge in [-0.3, -0.25) is 4.79 Å². The Morgan fingerprint density at radius 3 is 2.34 bits per heavy atom. The lowest BCUT2D eigenvalue weighted by molar-refractivity contribution is 0.102. The number of sulfonamides is 1. The molecule has 0 radical (unpaired) electrons. The number of halogens is 1. The predicted octanol–water partition coefficient (Wildman–Crippen LogP) is 4.16. The van der Waals surface area contributed by atoms with Gasteiger partial charge in [0.1, 0.15) is 16.5 Å². The minimum absolute atomic E-state index is 0.0766. The summed E-state index contributed by atoms with van der Waals surface area (Å²) in [6.07, 6.45) is 0.724. The Hall–Kier alpha value is -3.43. The van der Waals surface area contributed by atoms with Crippen molar-refractivity contribution in [2.75, 3.05) is 43.5 Å². The lowest BCUT2D eigenvalue weighted by Crippen LogP contribution is -2.48. The summed E-state index contributed by atoms with van der Waals surface area (Å²) < 4.78 is 47.7. The van der Waals surface area contributed by atoms with Crippen molar-refractivity contribution >= 4 is 27.3 Å². The molecule has 1 saturated heterocycles. The molecule has 1 fully saturated rings. The number of carbonyl (C=O) groups is 1. The highest BCUT2D eigenvalue weighted by Crippen LogP contribution is 2.26. The Bertz CT molecular complexity index is 1300. The first-order valence-corrected chi connectivity index (χ1v) is 12.9. The SMILES string of the molecule is CCc1ccccc1NC(=O)c1ccc(F)c(S(=O)(=O)N2CCN(c3ccc(OC)cc3)CC2)c1. The predicted molar refractivity (Wildman–Crippen MR) is 134 cm³/mol. The van der Waals surface area contributed by atoms with Gasteiger partial charge in [-0.05, 0) is 60.5 Å². The van der Waals surface area contributed by atoms with Crippen molar-refractivity contribution in [1.29, 1.82) is 0 Å². The second-order valence-corrected chi connectivity index (χ2v) is 10.1. The highest BCUT2D eigenvalue weighted by atomic mass is 32.2. The topological polar surface area (TPSA) is 79.0 Å². The minimum atomic E-state index is -4.12. The fraction of sp³-hybridized carbons (Fsp3) is 0.269. The number of nitrogens with one attached hydrogen (secondary N) is 1. The zero-order valence-corrected chi connectivity index (χ0v) is 20.5. The van der Waals surface area contributed by atoms with Crippen LogP contribution >= 0.6 is 0 Å². The summed E-state index contributed by atoms with van der Waals surface area (Å²) in [5.74, 6) is -0.632. The Labute approximate surface area is 205 Å². The number of carbonyl (C=O) groups excluding carboxylic acids is 1. The fourth-order valence-electron chi connectivity index (χ4n) is 4.11. The van der Waals surface area contributed by atoms with Gasteiger partial charge in [-0.25, -0.2) is 12.8 Å². The highest BCUT2D eigenvalue weighted by molar-refractivity contribution is 7.89. The molecular weight excluding hydrogens is 469 g/mol. The molecule has 7 nitrogen and oxygen atoms in total. The first-order chi connectivity index (χ1) is 16.8. The molecule has 0 aromatic heterocycles. The van der Waals surface area contributed by atoms with Crippen molar-refractivity contribution < 1.29 is 22.3 Å². The lowest BCUT2D eigenvalue weighted by atomic mass is 10.1. The van der Waals surface area contributed by atoms with Crippen LogP contribution in [0, 0.1) is 5.82 Å². The van der Waals surface area contributed by atoms with Crippen molar-refractivity contribution in [2.45, 2.75) is 18.2 Å². The number of hydrogen-bond acceptors (Lipinski definition) is 5. The van der Waals surface area contributed by atoms with Crippen LogP contribution in [0.4, 0.5) is 15.8 Å². The van der Waals surface area contributed by atoms with E-state index in [0.29, 0.717) is 18.8 Å². The Balaban J connectivity index is 1.50. The molecular formula is C26H28FN3O4S. The van der Waals surface area contributed by atoms with E-state index in [1.807, 2.05) is 43.3 Å². The van der Waals surface area contributed by atoms with E-state index >= 15 is 0 Å². The molecule has 3 aromatic rings. The van der Waals surface area contributed by atoms with Gasteiger partial charge in [-0.15, -0.1) is 0 Å². The van der Waals surface area contributed by atoms with E-state index in [1.165, 1.54) is 10.4 Å². The van der Waals surface area contributed by atoms with Crippen LogP contribution in [0.1, 0.15) is 22.8 Å². The van der Waals surface area contributed by atoms with Gasteiger partial charge in [0.2, 0.25) is 10.0 Å². The zero-order chi connectivity index (χ0) is 25.0. The van der Waals surface area contributed by atoms with Gasteiger partial charge in [0.05, 0.1) is 7.11 Å². The number of hydrogen-bond donors (Lipinski definition) is 1. The number of piperazine rings is 1. The number of para-hydroxylation sites is 1. The number of ether oxygens (including phenoxy) is 1. The second kappa shape index (κ2) is 10.5. The van der Waals surface area contributed by atoms with E-state index in [9.17, 15) is 17.6 Å². The third kappa shape index (κ3) is 5.31. The number of anilines is 2. The third-order valence-corrected chi connectivity index (χ3v) is 8.05. The van der Waals surface area contributed by atoms with E-state index in [2.05, 4.69) is 10.2 Å². The van der Waals surface area contributed by atoms with Gasteiger partial charge in [-0.2, -0.15) is 4.31 Å². The molecule has 1 amide bonds. The first-order valence-electron chi connectivity index (χ1n) is 11.4. The summed E-state index contributed by atoms with van der Waals surface area (Å²) in [7, 11) is -2.52. The zero-order valence-electron chi connectivity index (χ0n) is 19.7. The summed E-state index contributed by atoms with van der Waals surface area (Å²) in [5.41, 5.74) is 2.63. The summed E-state index contributed by atoms with van der Waals surface area (Å²) in [5, 5.41) is 2.80. The molecule has 1 aliphatic rings. The van der Waals surface area contributed by atoms with Crippen LogP contribution in [0.15, 0.2) is 71.6 Å². The minimum Gasteiger partial charge on any atom is -0.497 e. The van der Waals surface area contributed by atoms with Crippen LogP contribution in [0.3, 0.4) is 0 Å². The average molecular weight is 498 g/mol. The summed E-state index contributed by atoms with van der Waals surface area (Å²) in [6, 6.07) is 18.3. The molecule has 0 atom stereocenters. The van der Waals surface area contributed by atoms with Crippen LogP contribution in [0.25, 0.3) is 0 Å². The average Bonchev–Trinajstić information content (AvgIpc) is 2.89. The molecule has 0 bridgehead atoms. The molecule has 3 aromatic carbocycles. The molecule has 1 heterocycles.